The molecule has 0 atom stereocenters. The van der Waals surface area contributed by atoms with E-state index in [0.29, 0.717) is 39.6 Å². The van der Waals surface area contributed by atoms with Gasteiger partial charge in [0.25, 0.3) is 0 Å². The Labute approximate surface area is 906 Å². The van der Waals surface area contributed by atoms with Crippen LogP contribution in [-0.2, 0) is 51.3 Å². The van der Waals surface area contributed by atoms with Crippen LogP contribution in [0.15, 0.2) is 254 Å². The molecule has 0 radical (unpaired) electrons. The lowest BCUT2D eigenvalue weighted by molar-refractivity contribution is -0.0980. The summed E-state index contributed by atoms with van der Waals surface area (Å²) >= 11 is 13.6. The van der Waals surface area contributed by atoms with Gasteiger partial charge in [-0.05, 0) is 290 Å². The van der Waals surface area contributed by atoms with Gasteiger partial charge in [-0.25, -0.2) is 0 Å². The van der Waals surface area contributed by atoms with Gasteiger partial charge in [0.1, 0.15) is 48.9 Å². The van der Waals surface area contributed by atoms with E-state index in [4.69, 9.17) is 47.3 Å². The Bertz CT molecular complexity index is 7240. The highest BCUT2D eigenvalue weighted by Crippen LogP contribution is 2.55. The van der Waals surface area contributed by atoms with Crippen LogP contribution >= 0.6 is 77.2 Å². The lowest BCUT2D eigenvalue weighted by Crippen LogP contribution is -2.41. The van der Waals surface area contributed by atoms with Crippen molar-refractivity contribution in [3.05, 3.63) is 287 Å². The summed E-state index contributed by atoms with van der Waals surface area (Å²) in [6, 6.07) is 80.0. The van der Waals surface area contributed by atoms with Crippen LogP contribution in [-0.4, -0.2) is 81.8 Å². The maximum Gasteiger partial charge on any atom is 0.496 e. The molecule has 147 heavy (non-hydrogen) atoms. The van der Waals surface area contributed by atoms with Gasteiger partial charge < -0.3 is 57.5 Å². The summed E-state index contributed by atoms with van der Waals surface area (Å²) in [7, 11) is -0.396. The number of ether oxygens (including phenoxy) is 7. The average Bonchev–Trinajstić information content (AvgIpc) is 1.74. The average molecular weight is 2180 g/mol. The van der Waals surface area contributed by atoms with Crippen molar-refractivity contribution in [1.29, 1.82) is 0 Å². The third kappa shape index (κ3) is 25.3. The molecule has 1 aliphatic heterocycles. The third-order valence-corrected chi connectivity index (χ3v) is 32.9. The van der Waals surface area contributed by atoms with Crippen molar-refractivity contribution in [1.82, 2.24) is 0 Å². The van der Waals surface area contributed by atoms with Crippen LogP contribution in [0.2, 0.25) is 0 Å². The molecule has 4 aromatic heterocycles. The van der Waals surface area contributed by atoms with Crippen molar-refractivity contribution < 1.29 is 57.5 Å². The fraction of sp³-hybridized carbons (Fsp3) is 0.352. The quantitative estimate of drug-likeness (QED) is 0.0219. The molecule has 1 aliphatic rings. The molecule has 0 aliphatic carbocycles. The Morgan fingerprint density at radius 3 is 0.939 bits per heavy atom. The van der Waals surface area contributed by atoms with Crippen LogP contribution in [0.25, 0.3) is 130 Å². The van der Waals surface area contributed by atoms with Crippen molar-refractivity contribution in [2.24, 2.45) is 0 Å². The molecule has 1 saturated heterocycles. The lowest BCUT2D eigenvalue weighted by atomic mass is 9.71. The van der Waals surface area contributed by atoms with E-state index in [2.05, 4.69) is 345 Å². The van der Waals surface area contributed by atoms with E-state index in [0.717, 1.165) is 171 Å². The Morgan fingerprint density at radius 1 is 0.320 bits per heavy atom. The molecular formula is C128H147BBr2O12S4. The molecule has 13 aromatic carbocycles. The summed E-state index contributed by atoms with van der Waals surface area (Å²) in [4.78, 5) is 9.71. The predicted molar refractivity (Wildman–Crippen MR) is 637 cm³/mol. The van der Waals surface area contributed by atoms with Crippen LogP contribution < -0.4 is 33.9 Å². The van der Waals surface area contributed by atoms with Crippen molar-refractivity contribution in [3.63, 3.8) is 0 Å². The zero-order valence-electron chi connectivity index (χ0n) is 88.6. The molecule has 0 unspecified atom stereocenters. The molecule has 5 heterocycles. The van der Waals surface area contributed by atoms with Crippen molar-refractivity contribution in [2.45, 2.75) is 250 Å². The number of unbranched alkanes of at least 4 members (excludes halogenated alkanes) is 2. The standard InChI is InChI=1S/C68H70O4S2.C29H30Br2O5S2.C28H37BO2.CH2O.2CH4/c1-65(2,3)45-27-29-49-43(35-45)33-41-23-25-47(67(7,8)9)37-53(41)59(49)63-61(69)55(39-73-63)51-19-13-15-21-57(51)71-31-17-18-32-72-58-22-16-14-20-52(58)56-40-74-64(62(56)70)60-50-30-28-46(66(4,5)6)36-44(50)34-42-24-26-48(38-54(42)60)68(10,11)12;1-3-32-19-36-27-23(18-38-29(27)31)21-12-6-8-14-25(21)35-16-10-9-15-34-24-13-7-5-11-20(24)22-17-37-28(30)26(22)33-4-2;1-25(2,3)20-13-14-22-19(16-20)15-18-11-12-21(26(4,5)6)17-23(18)24(22)29-30-27(7,8)28(9,10)31-29;1-2;;/h13-16,19-30,33-40,69-70H,17-18,31-32H2,1-12H3;5-8,11-14,17-18H,3-4,9-10,15-16,19H2,1-2H3;11-17H,1-10H3;1H2;2*1H4. The first-order chi connectivity index (χ1) is 68.8. The fourth-order valence-corrected chi connectivity index (χ4v) is 23.1. The van der Waals surface area contributed by atoms with Gasteiger partial charge >= 0.3 is 7.12 Å². The zero-order chi connectivity index (χ0) is 104. The number of thiophene rings is 4. The first kappa shape index (κ1) is 113. The summed E-state index contributed by atoms with van der Waals surface area (Å²) in [5.74, 6) is 5.33. The molecule has 2 N–H and O–H groups in total. The van der Waals surface area contributed by atoms with Gasteiger partial charge in [-0.1, -0.05) is 309 Å². The number of carbonyl (C=O) groups is 1. The molecule has 0 saturated carbocycles. The van der Waals surface area contributed by atoms with Gasteiger partial charge in [-0.15, -0.1) is 45.3 Å². The SMILES string of the molecule is C.C.C=O.CC(C)(C)c1ccc2c(-c3scc(-c4ccccc4OCCCCOc4ccccc4-c4csc(-c5c6ccc(C(C)(C)C)cc6cc6ccc(C(C)(C)C)cc56)c4O)c3O)c3cc(C(C)(C)C)ccc3cc2c1.CC(C)(C)c1ccc2c(B3OC(C)(C)C(C)(C)O3)c3cc(C(C)(C)C)ccc3cc2c1.CCOCOc1c(-c2ccccc2OCCCCOc2ccccc2-c2csc(Br)c2OCC)csc1Br. The van der Waals surface area contributed by atoms with E-state index >= 15 is 0 Å². The van der Waals surface area contributed by atoms with Gasteiger partial charge in [0.05, 0.1) is 54.0 Å². The number of benzene rings is 13. The van der Waals surface area contributed by atoms with E-state index in [1.165, 1.54) is 65.7 Å². The zero-order valence-corrected chi connectivity index (χ0v) is 95.0. The summed E-state index contributed by atoms with van der Waals surface area (Å²) in [5, 5.41) is 47.0. The van der Waals surface area contributed by atoms with Crippen LogP contribution in [0, 0.1) is 0 Å². The minimum atomic E-state index is -0.396. The lowest BCUT2D eigenvalue weighted by Gasteiger charge is -2.32. The van der Waals surface area contributed by atoms with Gasteiger partial charge in [-0.2, -0.15) is 0 Å². The molecule has 18 rings (SSSR count). The van der Waals surface area contributed by atoms with E-state index in [1.807, 2.05) is 106 Å². The van der Waals surface area contributed by atoms with Crippen molar-refractivity contribution in [2.75, 3.05) is 46.4 Å². The smallest absolute Gasteiger partial charge is 0.496 e. The number of rotatable bonds is 27. The molecule has 1 fully saturated rings. The van der Waals surface area contributed by atoms with Gasteiger partial charge in [0.2, 0.25) is 0 Å². The monoisotopic (exact) mass is 2170 g/mol. The fourth-order valence-electron chi connectivity index (χ4n) is 18.4. The van der Waals surface area contributed by atoms with Gasteiger partial charge in [-0.3, -0.25) is 0 Å². The van der Waals surface area contributed by atoms with E-state index < -0.39 is 7.12 Å². The minimum Gasteiger partial charge on any atom is -0.506 e. The highest BCUT2D eigenvalue weighted by atomic mass is 79.9. The number of hydrogen-bond acceptors (Lipinski definition) is 16. The van der Waals surface area contributed by atoms with E-state index in [-0.39, 0.29) is 76.8 Å². The number of para-hydroxylation sites is 4. The van der Waals surface area contributed by atoms with E-state index in [1.54, 1.807) is 45.3 Å². The molecule has 0 spiro atoms. The Kier molecular flexibility index (Phi) is 36.1. The molecule has 12 nitrogen and oxygen atoms in total. The van der Waals surface area contributed by atoms with Crippen molar-refractivity contribution in [3.8, 4) is 111 Å². The molecule has 0 bridgehead atoms. The summed E-state index contributed by atoms with van der Waals surface area (Å²) in [5.41, 5.74) is 17.7. The second kappa shape index (κ2) is 46.8. The van der Waals surface area contributed by atoms with Crippen LogP contribution in [0.3, 0.4) is 0 Å². The van der Waals surface area contributed by atoms with Gasteiger partial charge in [0.15, 0.2) is 18.3 Å². The number of halogens is 2. The van der Waals surface area contributed by atoms with Crippen LogP contribution in [0.5, 0.6) is 46.0 Å². The maximum absolute atomic E-state index is 12.3. The number of carbonyl (C=O) groups excluding carboxylic acids is 1. The second-order valence-corrected chi connectivity index (χ2v) is 50.8. The van der Waals surface area contributed by atoms with Gasteiger partial charge in [0, 0.05) is 83.8 Å². The third-order valence-electron chi connectivity index (χ3n) is 27.6. The minimum absolute atomic E-state index is 0. The molecule has 0 amide bonds. The topological polar surface area (TPSA) is 141 Å². The first-order valence-electron chi connectivity index (χ1n) is 50.4. The molecule has 17 aromatic rings. The summed E-state index contributed by atoms with van der Waals surface area (Å²) in [6.45, 7) is 58.6. The number of hydrogen-bond donors (Lipinski definition) is 2. The first-order valence-corrected chi connectivity index (χ1v) is 55.5. The normalized spacial score (nSPS) is 13.2. The number of aromatic hydroxyl groups is 2. The molecule has 772 valence electrons. The summed E-state index contributed by atoms with van der Waals surface area (Å²) < 4.78 is 57.6. The Balaban J connectivity index is 0.000000206. The maximum atomic E-state index is 12.3. The highest BCUT2D eigenvalue weighted by Gasteiger charge is 2.53. The second-order valence-electron chi connectivity index (χ2n) is 44.6. The largest absolute Gasteiger partial charge is 0.506 e. The summed E-state index contributed by atoms with van der Waals surface area (Å²) in [6.07, 6.45) is 3.27. The molecule has 19 heteroatoms. The Hall–Kier alpha value is -10.8. The van der Waals surface area contributed by atoms with E-state index in [9.17, 15) is 10.2 Å². The van der Waals surface area contributed by atoms with Crippen LogP contribution in [0.1, 0.15) is 240 Å². The predicted octanol–water partition coefficient (Wildman–Crippen LogP) is 37.6. The number of fused-ring (bicyclic) bond motifs is 6. The molecular weight excluding hydrogens is 2030 g/mol. The Morgan fingerprint density at radius 2 is 0.605 bits per heavy atom. The van der Waals surface area contributed by atoms with Crippen LogP contribution in [0.4, 0.5) is 0 Å². The van der Waals surface area contributed by atoms with Crippen molar-refractivity contribution >= 4 is 161 Å². The highest BCUT2D eigenvalue weighted by molar-refractivity contribution is 9.11.